The Bertz CT molecular complexity index is 5600. The van der Waals surface area contributed by atoms with Crippen LogP contribution >= 0.6 is 0 Å². The topological polar surface area (TPSA) is 35.2 Å². The molecule has 0 N–H and O–H groups in total. The van der Waals surface area contributed by atoms with Gasteiger partial charge < -0.3 is 0 Å². The lowest BCUT2D eigenvalue weighted by Gasteiger charge is -2.20. The molecule has 10 aromatic carbocycles. The second-order valence-corrected chi connectivity index (χ2v) is 30.7. The standard InChI is InChI=1S/C29H31F2N2.C25H23F2N2.C23H27F2N2.C19H19F2N2/c1-18(2)25-13-22(21-10-8-7-9-11-21)14-26(19(3)4)28(25)23-16-32(6)33(17-23)29-20(5)12-24(30)15-27(29)31;1-16-10-20(19-8-6-5-7-9-19)11-17(2)24(16)21-14-28(4)29(15-21)25-18(3)12-22(26)13-23(25)27;1-14(2)19-8-7-9-20(15(3)4)22(19)17-12-26(6)27(13-17)23-16(5)10-18(24)11-21(23)25;1-12-6-5-7-13(2)18(12)15-10-22(4)23(11-15)19-14(3)8-16(20)9-17(19)21/h7-19H,1-6H3;5-15H,1-4H3;7-15H,1-6H3;5-11H,1-4H3/q4*+1. The predicted octanol–water partition coefficient (Wildman–Crippen LogP) is 23.3. The van der Waals surface area contributed by atoms with E-state index in [0.29, 0.717) is 68.7 Å². The molecule has 8 nitrogen and oxygen atoms in total. The van der Waals surface area contributed by atoms with Gasteiger partial charge >= 0.3 is 0 Å². The molecule has 0 aliphatic carbocycles. The van der Waals surface area contributed by atoms with Crippen molar-refractivity contribution in [2.75, 3.05) is 0 Å². The summed E-state index contributed by atoms with van der Waals surface area (Å²) in [5.74, 6) is -3.18. The van der Waals surface area contributed by atoms with Gasteiger partial charge in [0.05, 0.1) is 47.0 Å². The zero-order valence-electron chi connectivity index (χ0n) is 67.7. The maximum absolute atomic E-state index is 14.8. The average Bonchev–Trinajstić information content (AvgIpc) is 1.53. The molecule has 0 unspecified atom stereocenters. The van der Waals surface area contributed by atoms with Crippen LogP contribution < -0.4 is 18.7 Å². The Morgan fingerprint density at radius 3 is 0.759 bits per heavy atom. The van der Waals surface area contributed by atoms with Gasteiger partial charge in [-0.15, -0.1) is 37.5 Å². The van der Waals surface area contributed by atoms with Gasteiger partial charge in [0.25, 0.3) is 0 Å². The van der Waals surface area contributed by atoms with E-state index in [1.54, 1.807) is 46.4 Å². The fourth-order valence-corrected chi connectivity index (χ4v) is 15.5. The van der Waals surface area contributed by atoms with Gasteiger partial charge in [-0.25, -0.2) is 35.1 Å². The fraction of sp³-hybridized carbons (Fsp3) is 0.250. The molecule has 0 aliphatic rings. The monoisotopic (exact) mass is 1520 g/mol. The number of hydrogen-bond acceptors (Lipinski definition) is 0. The third-order valence-corrected chi connectivity index (χ3v) is 20.7. The van der Waals surface area contributed by atoms with Crippen LogP contribution in [0.4, 0.5) is 35.1 Å². The van der Waals surface area contributed by atoms with Gasteiger partial charge in [-0.2, -0.15) is 0 Å². The summed E-state index contributed by atoms with van der Waals surface area (Å²) in [5.41, 5.74) is 26.8. The molecule has 576 valence electrons. The van der Waals surface area contributed by atoms with Crippen LogP contribution in [0.3, 0.4) is 0 Å². The first-order valence-electron chi connectivity index (χ1n) is 37.9. The van der Waals surface area contributed by atoms with Crippen molar-refractivity contribution in [1.82, 2.24) is 18.7 Å². The summed E-state index contributed by atoms with van der Waals surface area (Å²) in [6.07, 6.45) is 15.7. The molecular weight excluding hydrogens is 1420 g/mol. The second kappa shape index (κ2) is 34.0. The SMILES string of the molecule is Cc1cc(-c2ccccc2)cc(C)c1-c1cn(-c2c(C)cc(F)cc2F)[n+](C)c1.Cc1cc(F)cc(F)c1-n1cc(-c2c(C(C)C)cc(-c3ccccc3)cc2C(C)C)c[n+]1C.Cc1cc(F)cc(F)c1-n1cc(-c2c(C(C)C)cccc2C(C)C)c[n+]1C.Cc1cccc(C)c1-c1cn(-c2c(C)cc(F)cc2F)[n+](C)c1. The third-order valence-electron chi connectivity index (χ3n) is 20.7. The third kappa shape index (κ3) is 17.3. The van der Waals surface area contributed by atoms with Crippen LogP contribution in [0.1, 0.15) is 146 Å². The Morgan fingerprint density at radius 2 is 0.482 bits per heavy atom. The smallest absolute Gasteiger partial charge is 0.203 e. The maximum atomic E-state index is 14.8. The van der Waals surface area contributed by atoms with Crippen molar-refractivity contribution >= 4 is 0 Å². The quantitative estimate of drug-likeness (QED) is 0.0768. The van der Waals surface area contributed by atoms with Crippen molar-refractivity contribution in [3.63, 3.8) is 0 Å². The number of aryl methyl sites for hydroxylation is 12. The van der Waals surface area contributed by atoms with Crippen LogP contribution in [0, 0.1) is 102 Å². The van der Waals surface area contributed by atoms with E-state index in [0.717, 1.165) is 68.8 Å². The highest BCUT2D eigenvalue weighted by Crippen LogP contribution is 2.42. The molecule has 14 aromatic rings. The summed E-state index contributed by atoms with van der Waals surface area (Å²) in [7, 11) is 7.46. The summed E-state index contributed by atoms with van der Waals surface area (Å²) in [6, 6.07) is 51.3. The largest absolute Gasteiger partial charge is 0.207 e. The highest BCUT2D eigenvalue weighted by molar-refractivity contribution is 5.79. The predicted molar refractivity (Wildman–Crippen MR) is 434 cm³/mol. The molecule has 4 heterocycles. The highest BCUT2D eigenvalue weighted by atomic mass is 19.2. The summed E-state index contributed by atoms with van der Waals surface area (Å²) in [6.45, 7) is 32.7. The van der Waals surface area contributed by atoms with E-state index in [1.807, 2.05) is 127 Å². The van der Waals surface area contributed by atoms with Gasteiger partial charge in [0, 0.05) is 24.3 Å². The van der Waals surface area contributed by atoms with E-state index in [-0.39, 0.29) is 0 Å². The highest BCUT2D eigenvalue weighted by Gasteiger charge is 2.29. The average molecular weight is 1520 g/mol. The van der Waals surface area contributed by atoms with Crippen LogP contribution in [-0.2, 0) is 28.2 Å². The Balaban J connectivity index is 0.000000149. The number of aromatic nitrogens is 8. The number of halogens is 8. The minimum atomic E-state index is -0.576. The van der Waals surface area contributed by atoms with Gasteiger partial charge in [0.2, 0.25) is 24.8 Å². The molecule has 0 saturated carbocycles. The molecule has 16 heteroatoms. The minimum absolute atomic E-state index is 0.305. The molecule has 4 aromatic heterocycles. The molecule has 14 rings (SSSR count). The minimum Gasteiger partial charge on any atom is -0.207 e. The molecule has 0 radical (unpaired) electrons. The molecule has 0 aliphatic heterocycles. The number of nitrogens with zero attached hydrogens (tertiary/aromatic N) is 8. The molecule has 112 heavy (non-hydrogen) atoms. The Labute approximate surface area is 654 Å². The molecule has 0 atom stereocenters. The lowest BCUT2D eigenvalue weighted by atomic mass is 9.83. The van der Waals surface area contributed by atoms with Crippen LogP contribution in [0.25, 0.3) is 89.5 Å². The number of hydrogen-bond donors (Lipinski definition) is 0. The first-order valence-corrected chi connectivity index (χ1v) is 37.9. The van der Waals surface area contributed by atoms with E-state index < -0.39 is 46.5 Å². The van der Waals surface area contributed by atoms with Crippen LogP contribution in [-0.4, -0.2) is 18.7 Å². The maximum Gasteiger partial charge on any atom is 0.203 e. The lowest BCUT2D eigenvalue weighted by molar-refractivity contribution is -0.744. The summed E-state index contributed by atoms with van der Waals surface area (Å²) >= 11 is 0. The molecular formula is C96H100F8N8+4. The van der Waals surface area contributed by atoms with Gasteiger partial charge in [0.1, 0.15) is 46.0 Å². The van der Waals surface area contributed by atoms with E-state index >= 15 is 0 Å². The molecule has 0 amide bonds. The number of benzene rings is 10. The molecule has 0 saturated heterocycles. The first-order chi connectivity index (χ1) is 53.1. The van der Waals surface area contributed by atoms with E-state index in [4.69, 9.17) is 0 Å². The van der Waals surface area contributed by atoms with Gasteiger partial charge in [0.15, 0.2) is 51.5 Å². The Kier molecular flexibility index (Phi) is 24.7. The normalized spacial score (nSPS) is 11.4. The van der Waals surface area contributed by atoms with Gasteiger partial charge in [-0.05, 0) is 215 Å². The molecule has 0 spiro atoms. The summed E-state index contributed by atoms with van der Waals surface area (Å²) < 4.78 is 126. The second-order valence-electron chi connectivity index (χ2n) is 30.7. The molecule has 0 fully saturated rings. The van der Waals surface area contributed by atoms with Crippen molar-refractivity contribution in [3.8, 4) is 89.5 Å². The van der Waals surface area contributed by atoms with Crippen molar-refractivity contribution in [2.45, 2.75) is 134 Å². The zero-order valence-corrected chi connectivity index (χ0v) is 67.7. The van der Waals surface area contributed by atoms with Gasteiger partial charge in [-0.1, -0.05) is 177 Å². The first kappa shape index (κ1) is 81.5. The Hall–Kier alpha value is -11.5. The lowest BCUT2D eigenvalue weighted by Crippen LogP contribution is -2.37. The van der Waals surface area contributed by atoms with Crippen LogP contribution in [0.2, 0.25) is 0 Å². The Morgan fingerprint density at radius 1 is 0.232 bits per heavy atom. The van der Waals surface area contributed by atoms with Crippen molar-refractivity contribution < 1.29 is 53.9 Å². The van der Waals surface area contributed by atoms with Crippen molar-refractivity contribution in [1.29, 1.82) is 0 Å². The fourth-order valence-electron chi connectivity index (χ4n) is 15.5. The van der Waals surface area contributed by atoms with E-state index in [1.165, 1.54) is 91.0 Å². The van der Waals surface area contributed by atoms with Crippen LogP contribution in [0.15, 0.2) is 219 Å². The van der Waals surface area contributed by atoms with E-state index in [2.05, 4.69) is 174 Å². The van der Waals surface area contributed by atoms with Crippen LogP contribution in [0.5, 0.6) is 0 Å². The zero-order chi connectivity index (χ0) is 81.2. The van der Waals surface area contributed by atoms with Crippen molar-refractivity contribution in [2.24, 2.45) is 28.2 Å². The molecule has 0 bridgehead atoms. The van der Waals surface area contributed by atoms with E-state index in [9.17, 15) is 35.1 Å². The number of rotatable bonds is 14. The summed E-state index contributed by atoms with van der Waals surface area (Å²) in [4.78, 5) is 0. The summed E-state index contributed by atoms with van der Waals surface area (Å²) in [5, 5.41) is 0. The van der Waals surface area contributed by atoms with Gasteiger partial charge in [-0.3, -0.25) is 0 Å². The van der Waals surface area contributed by atoms with Crippen molar-refractivity contribution in [3.05, 3.63) is 333 Å².